The summed E-state index contributed by atoms with van der Waals surface area (Å²) < 4.78 is 0. The number of hydrogen-bond acceptors (Lipinski definition) is 7. The van der Waals surface area contributed by atoms with Crippen molar-refractivity contribution in [1.29, 1.82) is 0 Å². The Morgan fingerprint density at radius 3 is 2.06 bits per heavy atom. The molecule has 0 aromatic heterocycles. The van der Waals surface area contributed by atoms with E-state index in [4.69, 9.17) is 0 Å². The standard InChI is InChI=1S/C23H17N3O4S/c27-18-11-9-17(10-12-18)26-22(30)21(13-15-5-1-3-7-19(15)28)31-23(26)25-24-14-16-6-2-4-8-20(16)29/h1-14,27-29H. The SMILES string of the molecule is O=C1C(=Cc2ccccc2O)SC(=NN=Cc2ccccc2O)N1c1ccc(O)cc1. The molecule has 1 aliphatic rings. The van der Waals surface area contributed by atoms with Crippen LogP contribution in [0.4, 0.5) is 5.69 Å². The summed E-state index contributed by atoms with van der Waals surface area (Å²) in [5.74, 6) is -0.140. The maximum Gasteiger partial charge on any atom is 0.271 e. The van der Waals surface area contributed by atoms with E-state index >= 15 is 0 Å². The Bertz CT molecular complexity index is 1220. The Kier molecular flexibility index (Phi) is 5.72. The molecule has 4 rings (SSSR count). The number of phenolic OH excluding ortho intramolecular Hbond substituents is 3. The van der Waals surface area contributed by atoms with E-state index in [1.807, 2.05) is 0 Å². The van der Waals surface area contributed by atoms with E-state index in [9.17, 15) is 20.1 Å². The van der Waals surface area contributed by atoms with Crippen LogP contribution >= 0.6 is 11.8 Å². The lowest BCUT2D eigenvalue weighted by Gasteiger charge is -2.14. The van der Waals surface area contributed by atoms with E-state index in [1.165, 1.54) is 29.3 Å². The van der Waals surface area contributed by atoms with E-state index < -0.39 is 0 Å². The molecule has 31 heavy (non-hydrogen) atoms. The van der Waals surface area contributed by atoms with Gasteiger partial charge in [-0.15, -0.1) is 5.10 Å². The third-order valence-electron chi connectivity index (χ3n) is 4.41. The number of anilines is 1. The first-order chi connectivity index (χ1) is 15.0. The minimum Gasteiger partial charge on any atom is -0.508 e. The summed E-state index contributed by atoms with van der Waals surface area (Å²) in [5.41, 5.74) is 1.50. The van der Waals surface area contributed by atoms with Crippen molar-refractivity contribution < 1.29 is 20.1 Å². The predicted octanol–water partition coefficient (Wildman–Crippen LogP) is 4.31. The third kappa shape index (κ3) is 4.44. The van der Waals surface area contributed by atoms with Crippen LogP contribution in [0.15, 0.2) is 87.9 Å². The number of carbonyl (C=O) groups excluding carboxylic acids is 1. The third-order valence-corrected chi connectivity index (χ3v) is 5.37. The molecule has 0 bridgehead atoms. The van der Waals surface area contributed by atoms with Crippen LogP contribution in [0.2, 0.25) is 0 Å². The van der Waals surface area contributed by atoms with Crippen molar-refractivity contribution in [3.63, 3.8) is 0 Å². The molecule has 1 amide bonds. The summed E-state index contributed by atoms with van der Waals surface area (Å²) in [5, 5.41) is 38.0. The van der Waals surface area contributed by atoms with Crippen LogP contribution in [0.25, 0.3) is 6.08 Å². The first-order valence-electron chi connectivity index (χ1n) is 9.23. The summed E-state index contributed by atoms with van der Waals surface area (Å²) in [4.78, 5) is 14.9. The minimum atomic E-state index is -0.338. The number of aromatic hydroxyl groups is 3. The van der Waals surface area contributed by atoms with Gasteiger partial charge in [0.1, 0.15) is 17.2 Å². The summed E-state index contributed by atoms with van der Waals surface area (Å²) in [6.07, 6.45) is 2.98. The van der Waals surface area contributed by atoms with Crippen molar-refractivity contribution in [1.82, 2.24) is 0 Å². The fourth-order valence-corrected chi connectivity index (χ4v) is 3.79. The summed E-state index contributed by atoms with van der Waals surface area (Å²) in [6, 6.07) is 19.5. The molecule has 7 nitrogen and oxygen atoms in total. The highest BCUT2D eigenvalue weighted by molar-refractivity contribution is 8.19. The van der Waals surface area contributed by atoms with Gasteiger partial charge in [0.2, 0.25) is 5.17 Å². The van der Waals surface area contributed by atoms with Gasteiger partial charge in [0.05, 0.1) is 16.8 Å². The van der Waals surface area contributed by atoms with Gasteiger partial charge in [-0.1, -0.05) is 30.3 Å². The van der Waals surface area contributed by atoms with Crippen molar-refractivity contribution in [3.8, 4) is 17.2 Å². The molecule has 3 N–H and O–H groups in total. The number of carbonyl (C=O) groups is 1. The number of amides is 1. The number of rotatable bonds is 4. The Morgan fingerprint density at radius 1 is 0.806 bits per heavy atom. The molecule has 1 fully saturated rings. The summed E-state index contributed by atoms with van der Waals surface area (Å²) >= 11 is 1.11. The Morgan fingerprint density at radius 2 is 1.42 bits per heavy atom. The van der Waals surface area contributed by atoms with Crippen LogP contribution in [0.1, 0.15) is 11.1 Å². The van der Waals surface area contributed by atoms with Gasteiger partial charge in [-0.3, -0.25) is 9.69 Å². The van der Waals surface area contributed by atoms with Gasteiger partial charge < -0.3 is 15.3 Å². The minimum absolute atomic E-state index is 0.0579. The average molecular weight is 431 g/mol. The lowest BCUT2D eigenvalue weighted by Crippen LogP contribution is -2.28. The van der Waals surface area contributed by atoms with Crippen molar-refractivity contribution in [2.75, 3.05) is 4.90 Å². The maximum absolute atomic E-state index is 13.1. The first-order valence-corrected chi connectivity index (χ1v) is 10.0. The zero-order valence-corrected chi connectivity index (χ0v) is 16.9. The molecule has 3 aromatic rings. The number of nitrogens with zero attached hydrogens (tertiary/aromatic N) is 3. The first kappa shape index (κ1) is 20.2. The largest absolute Gasteiger partial charge is 0.508 e. The van der Waals surface area contributed by atoms with Crippen molar-refractivity contribution >= 4 is 40.8 Å². The number of phenols is 3. The number of thioether (sulfide) groups is 1. The van der Waals surface area contributed by atoms with Gasteiger partial charge in [0, 0.05) is 11.1 Å². The highest BCUT2D eigenvalue weighted by Gasteiger charge is 2.35. The van der Waals surface area contributed by atoms with Gasteiger partial charge >= 0.3 is 0 Å². The zero-order valence-electron chi connectivity index (χ0n) is 16.1. The Labute approximate surface area is 182 Å². The van der Waals surface area contributed by atoms with Crippen LogP contribution in [0.5, 0.6) is 17.2 Å². The van der Waals surface area contributed by atoms with Gasteiger partial charge in [0.25, 0.3) is 5.91 Å². The molecule has 0 saturated carbocycles. The smallest absolute Gasteiger partial charge is 0.271 e. The predicted molar refractivity (Wildman–Crippen MR) is 122 cm³/mol. The van der Waals surface area contributed by atoms with E-state index in [-0.39, 0.29) is 23.2 Å². The molecule has 8 heteroatoms. The Balaban J connectivity index is 1.72. The van der Waals surface area contributed by atoms with Crippen molar-refractivity contribution in [2.45, 2.75) is 0 Å². The van der Waals surface area contributed by atoms with Crippen LogP contribution < -0.4 is 4.90 Å². The van der Waals surface area contributed by atoms with Gasteiger partial charge in [-0.05, 0) is 60.3 Å². The normalized spacial score (nSPS) is 16.6. The fourth-order valence-electron chi connectivity index (χ4n) is 2.86. The van der Waals surface area contributed by atoms with Crippen LogP contribution in [-0.4, -0.2) is 32.6 Å². The molecule has 1 aliphatic heterocycles. The highest BCUT2D eigenvalue weighted by atomic mass is 32.2. The highest BCUT2D eigenvalue weighted by Crippen LogP contribution is 2.37. The number of para-hydroxylation sites is 2. The zero-order chi connectivity index (χ0) is 21.8. The second-order valence-corrected chi connectivity index (χ2v) is 7.52. The number of benzene rings is 3. The maximum atomic E-state index is 13.1. The van der Waals surface area contributed by atoms with Crippen LogP contribution in [-0.2, 0) is 4.79 Å². The molecule has 0 radical (unpaired) electrons. The lowest BCUT2D eigenvalue weighted by molar-refractivity contribution is -0.113. The molecular weight excluding hydrogens is 414 g/mol. The average Bonchev–Trinajstić information content (AvgIpc) is 3.07. The van der Waals surface area contributed by atoms with Crippen molar-refractivity contribution in [2.24, 2.45) is 10.2 Å². The fraction of sp³-hybridized carbons (Fsp3) is 0. The van der Waals surface area contributed by atoms with E-state index in [1.54, 1.807) is 60.7 Å². The molecule has 0 unspecified atom stereocenters. The molecule has 0 spiro atoms. The summed E-state index contributed by atoms with van der Waals surface area (Å²) in [7, 11) is 0. The molecular formula is C23H17N3O4S. The molecule has 1 heterocycles. The second-order valence-electron chi connectivity index (χ2n) is 6.51. The van der Waals surface area contributed by atoms with E-state index in [0.717, 1.165) is 11.8 Å². The monoisotopic (exact) mass is 431 g/mol. The quantitative estimate of drug-likeness (QED) is 0.324. The van der Waals surface area contributed by atoms with E-state index in [0.29, 0.717) is 26.9 Å². The van der Waals surface area contributed by atoms with Gasteiger partial charge in [-0.25, -0.2) is 0 Å². The van der Waals surface area contributed by atoms with E-state index in [2.05, 4.69) is 10.2 Å². The topological polar surface area (TPSA) is 106 Å². The van der Waals surface area contributed by atoms with Crippen molar-refractivity contribution in [3.05, 3.63) is 88.8 Å². The number of hydrogen-bond donors (Lipinski definition) is 3. The Hall–Kier alpha value is -4.04. The summed E-state index contributed by atoms with van der Waals surface area (Å²) in [6.45, 7) is 0. The molecule has 0 atom stereocenters. The second kappa shape index (κ2) is 8.76. The molecule has 154 valence electrons. The molecule has 1 saturated heterocycles. The molecule has 3 aromatic carbocycles. The lowest BCUT2D eigenvalue weighted by atomic mass is 10.2. The van der Waals surface area contributed by atoms with Crippen LogP contribution in [0.3, 0.4) is 0 Å². The van der Waals surface area contributed by atoms with Crippen LogP contribution in [0, 0.1) is 0 Å². The van der Waals surface area contributed by atoms with Gasteiger partial charge in [-0.2, -0.15) is 5.10 Å². The van der Waals surface area contributed by atoms with Gasteiger partial charge in [0.15, 0.2) is 0 Å². The number of amidine groups is 1. The molecule has 0 aliphatic carbocycles.